The Morgan fingerprint density at radius 1 is 0.967 bits per heavy atom. The standard InChI is InChI=1S/C23H22N2O5/c1-3-16-10-12-17(13-11-16)24-21(26)15(2)30-23(28)18-7-4-5-8-19(18)25-22(27)20-9-6-14-29-20/h4-15H,3H2,1-2H3,(H,24,26)(H,25,27)/t15-/m1/s1. The molecule has 3 rings (SSSR count). The number of carbonyl (C=O) groups excluding carboxylic acids is 3. The maximum absolute atomic E-state index is 12.6. The molecule has 0 saturated heterocycles. The van der Waals surface area contributed by atoms with Crippen molar-refractivity contribution in [1.29, 1.82) is 0 Å². The minimum absolute atomic E-state index is 0.111. The van der Waals surface area contributed by atoms with Crippen LogP contribution in [0.1, 0.15) is 40.3 Å². The van der Waals surface area contributed by atoms with Gasteiger partial charge in [-0.1, -0.05) is 31.2 Å². The molecule has 0 aliphatic carbocycles. The molecule has 1 heterocycles. The molecule has 30 heavy (non-hydrogen) atoms. The van der Waals surface area contributed by atoms with Crippen LogP contribution in [-0.4, -0.2) is 23.9 Å². The van der Waals surface area contributed by atoms with Gasteiger partial charge in [0.2, 0.25) is 0 Å². The minimum atomic E-state index is -1.03. The Morgan fingerprint density at radius 2 is 1.70 bits per heavy atom. The van der Waals surface area contributed by atoms with Gasteiger partial charge in [0.15, 0.2) is 11.9 Å². The zero-order valence-corrected chi connectivity index (χ0v) is 16.7. The predicted molar refractivity (Wildman–Crippen MR) is 112 cm³/mol. The van der Waals surface area contributed by atoms with Crippen LogP contribution in [0.4, 0.5) is 11.4 Å². The van der Waals surface area contributed by atoms with E-state index < -0.39 is 23.9 Å². The molecular formula is C23H22N2O5. The molecule has 7 heteroatoms. The van der Waals surface area contributed by atoms with Gasteiger partial charge in [-0.25, -0.2) is 4.79 Å². The lowest BCUT2D eigenvalue weighted by atomic mass is 10.1. The summed E-state index contributed by atoms with van der Waals surface area (Å²) in [6.07, 6.45) is 1.25. The van der Waals surface area contributed by atoms with Crippen LogP contribution in [0.2, 0.25) is 0 Å². The third-order valence-corrected chi connectivity index (χ3v) is 4.42. The summed E-state index contributed by atoms with van der Waals surface area (Å²) < 4.78 is 10.4. The Morgan fingerprint density at radius 3 is 2.37 bits per heavy atom. The third-order valence-electron chi connectivity index (χ3n) is 4.42. The molecule has 0 fully saturated rings. The fourth-order valence-corrected chi connectivity index (χ4v) is 2.71. The molecular weight excluding hydrogens is 384 g/mol. The highest BCUT2D eigenvalue weighted by Gasteiger charge is 2.22. The maximum Gasteiger partial charge on any atom is 0.341 e. The number of aryl methyl sites for hydroxylation is 1. The highest BCUT2D eigenvalue weighted by molar-refractivity contribution is 6.07. The lowest BCUT2D eigenvalue weighted by molar-refractivity contribution is -0.123. The number of carbonyl (C=O) groups is 3. The highest BCUT2D eigenvalue weighted by atomic mass is 16.5. The molecule has 0 unspecified atom stereocenters. The van der Waals surface area contributed by atoms with Gasteiger partial charge < -0.3 is 19.8 Å². The number of anilines is 2. The van der Waals surface area contributed by atoms with Crippen molar-refractivity contribution in [3.63, 3.8) is 0 Å². The van der Waals surface area contributed by atoms with Gasteiger partial charge in [0.25, 0.3) is 11.8 Å². The van der Waals surface area contributed by atoms with E-state index in [1.807, 2.05) is 19.1 Å². The lowest BCUT2D eigenvalue weighted by Crippen LogP contribution is -2.30. The van der Waals surface area contributed by atoms with E-state index in [4.69, 9.17) is 9.15 Å². The van der Waals surface area contributed by atoms with E-state index in [0.717, 1.165) is 12.0 Å². The van der Waals surface area contributed by atoms with E-state index in [-0.39, 0.29) is 17.0 Å². The number of hydrogen-bond donors (Lipinski definition) is 2. The summed E-state index contributed by atoms with van der Waals surface area (Å²) in [5, 5.41) is 5.33. The molecule has 1 aromatic heterocycles. The van der Waals surface area contributed by atoms with Crippen molar-refractivity contribution < 1.29 is 23.5 Å². The van der Waals surface area contributed by atoms with Gasteiger partial charge in [0.1, 0.15) is 0 Å². The molecule has 0 radical (unpaired) electrons. The van der Waals surface area contributed by atoms with Crippen LogP contribution in [-0.2, 0) is 16.0 Å². The van der Waals surface area contributed by atoms with E-state index in [2.05, 4.69) is 10.6 Å². The van der Waals surface area contributed by atoms with E-state index in [1.165, 1.54) is 25.3 Å². The highest BCUT2D eigenvalue weighted by Crippen LogP contribution is 2.19. The van der Waals surface area contributed by atoms with E-state index in [9.17, 15) is 14.4 Å². The maximum atomic E-state index is 12.6. The summed E-state index contributed by atoms with van der Waals surface area (Å²) in [6.45, 7) is 3.53. The van der Waals surface area contributed by atoms with Crippen LogP contribution in [0, 0.1) is 0 Å². The Kier molecular flexibility index (Phi) is 6.64. The van der Waals surface area contributed by atoms with Crippen LogP contribution in [0.3, 0.4) is 0 Å². The smallest absolute Gasteiger partial charge is 0.341 e. The summed E-state index contributed by atoms with van der Waals surface area (Å²) in [7, 11) is 0. The van der Waals surface area contributed by atoms with Crippen molar-refractivity contribution in [3.8, 4) is 0 Å². The summed E-state index contributed by atoms with van der Waals surface area (Å²) in [5.41, 5.74) is 2.16. The van der Waals surface area contributed by atoms with E-state index in [0.29, 0.717) is 5.69 Å². The van der Waals surface area contributed by atoms with E-state index in [1.54, 1.807) is 36.4 Å². The number of para-hydroxylation sites is 1. The third kappa shape index (κ3) is 5.14. The van der Waals surface area contributed by atoms with Crippen LogP contribution in [0.5, 0.6) is 0 Å². The number of benzene rings is 2. The van der Waals surface area contributed by atoms with Gasteiger partial charge in [0.05, 0.1) is 17.5 Å². The van der Waals surface area contributed by atoms with Gasteiger partial charge in [-0.2, -0.15) is 0 Å². The molecule has 154 valence electrons. The molecule has 0 spiro atoms. The molecule has 2 N–H and O–H groups in total. The van der Waals surface area contributed by atoms with Crippen molar-refractivity contribution in [1.82, 2.24) is 0 Å². The molecule has 0 aliphatic rings. The van der Waals surface area contributed by atoms with Crippen molar-refractivity contribution in [2.75, 3.05) is 10.6 Å². The topological polar surface area (TPSA) is 97.6 Å². The molecule has 7 nitrogen and oxygen atoms in total. The predicted octanol–water partition coefficient (Wildman–Crippen LogP) is 4.28. The Balaban J connectivity index is 1.64. The summed E-state index contributed by atoms with van der Waals surface area (Å²) in [5.74, 6) is -1.57. The van der Waals surface area contributed by atoms with Gasteiger partial charge in [-0.3, -0.25) is 9.59 Å². The summed E-state index contributed by atoms with van der Waals surface area (Å²) in [6, 6.07) is 16.9. The average Bonchev–Trinajstić information content (AvgIpc) is 3.29. The Labute approximate surface area is 174 Å². The second-order valence-electron chi connectivity index (χ2n) is 6.56. The first-order valence-corrected chi connectivity index (χ1v) is 9.52. The fourth-order valence-electron chi connectivity index (χ4n) is 2.71. The molecule has 3 aromatic rings. The fraction of sp³-hybridized carbons (Fsp3) is 0.174. The SMILES string of the molecule is CCc1ccc(NC(=O)[C@@H](C)OC(=O)c2ccccc2NC(=O)c2ccco2)cc1. The van der Waals surface area contributed by atoms with E-state index >= 15 is 0 Å². The zero-order valence-electron chi connectivity index (χ0n) is 16.7. The molecule has 0 bridgehead atoms. The average molecular weight is 406 g/mol. The molecule has 2 aromatic carbocycles. The number of rotatable bonds is 7. The number of amides is 2. The second-order valence-corrected chi connectivity index (χ2v) is 6.56. The first-order valence-electron chi connectivity index (χ1n) is 9.52. The lowest BCUT2D eigenvalue weighted by Gasteiger charge is -2.15. The number of hydrogen-bond acceptors (Lipinski definition) is 5. The summed E-state index contributed by atoms with van der Waals surface area (Å²) >= 11 is 0. The Hall–Kier alpha value is -3.87. The molecule has 0 saturated carbocycles. The van der Waals surface area contributed by atoms with Gasteiger partial charge >= 0.3 is 5.97 Å². The van der Waals surface area contributed by atoms with Crippen LogP contribution in [0.25, 0.3) is 0 Å². The molecule has 0 aliphatic heterocycles. The van der Waals surface area contributed by atoms with Crippen LogP contribution < -0.4 is 10.6 Å². The molecule has 2 amide bonds. The normalized spacial score (nSPS) is 11.4. The number of ether oxygens (including phenoxy) is 1. The van der Waals surface area contributed by atoms with Gasteiger partial charge in [-0.15, -0.1) is 0 Å². The van der Waals surface area contributed by atoms with Crippen LogP contribution in [0.15, 0.2) is 71.3 Å². The monoisotopic (exact) mass is 406 g/mol. The first-order chi connectivity index (χ1) is 14.5. The van der Waals surface area contributed by atoms with Crippen molar-refractivity contribution >= 4 is 29.2 Å². The van der Waals surface area contributed by atoms with Crippen LogP contribution >= 0.6 is 0 Å². The number of nitrogens with one attached hydrogen (secondary N) is 2. The minimum Gasteiger partial charge on any atom is -0.459 e. The molecule has 1 atom stereocenters. The van der Waals surface area contributed by atoms with Crippen molar-refractivity contribution in [2.45, 2.75) is 26.4 Å². The number of esters is 1. The first kappa shape index (κ1) is 20.9. The van der Waals surface area contributed by atoms with Crippen molar-refractivity contribution in [2.24, 2.45) is 0 Å². The summed E-state index contributed by atoms with van der Waals surface area (Å²) in [4.78, 5) is 37.2. The second kappa shape index (κ2) is 9.56. The quantitative estimate of drug-likeness (QED) is 0.571. The largest absolute Gasteiger partial charge is 0.459 e. The zero-order chi connectivity index (χ0) is 21.5. The number of furan rings is 1. The van der Waals surface area contributed by atoms with Gasteiger partial charge in [-0.05, 0) is 55.3 Å². The Bertz CT molecular complexity index is 1030. The van der Waals surface area contributed by atoms with Gasteiger partial charge in [0, 0.05) is 5.69 Å². The van der Waals surface area contributed by atoms with Crippen molar-refractivity contribution in [3.05, 3.63) is 83.8 Å².